The van der Waals surface area contributed by atoms with Crippen molar-refractivity contribution in [1.29, 1.82) is 0 Å². The average Bonchev–Trinajstić information content (AvgIpc) is 2.96. The third-order valence-electron chi connectivity index (χ3n) is 4.58. The molecule has 0 heterocycles. The monoisotopic (exact) mass is 404 g/mol. The summed E-state index contributed by atoms with van der Waals surface area (Å²) in [5, 5.41) is 10.8. The van der Waals surface area contributed by atoms with Crippen molar-refractivity contribution in [2.45, 2.75) is 70.5 Å². The van der Waals surface area contributed by atoms with E-state index in [0.717, 1.165) is 19.3 Å². The molecule has 0 aromatic rings. The first-order chi connectivity index (χ1) is 13.8. The number of carbonyl (C=O) groups excluding carboxylic acids is 3. The lowest BCUT2D eigenvalue weighted by Crippen LogP contribution is -2.27. The van der Waals surface area contributed by atoms with Crippen molar-refractivity contribution in [3.63, 3.8) is 0 Å². The highest BCUT2D eigenvalue weighted by Crippen LogP contribution is 2.30. The van der Waals surface area contributed by atoms with Gasteiger partial charge >= 0.3 is 11.9 Å². The smallest absolute Gasteiger partial charge is 0.305 e. The van der Waals surface area contributed by atoms with Crippen molar-refractivity contribution >= 4 is 17.7 Å². The van der Waals surface area contributed by atoms with Crippen molar-refractivity contribution in [1.82, 2.24) is 0 Å². The molecule has 2 atom stereocenters. The van der Waals surface area contributed by atoms with Gasteiger partial charge in [-0.1, -0.05) is 44.1 Å². The van der Waals surface area contributed by atoms with Crippen LogP contribution in [-0.2, 0) is 23.9 Å². The Labute approximate surface area is 173 Å². The molecule has 0 spiro atoms. The standard InChI is InChI=1S/C23H32O6/c1-4-5-6-7-8-9-16-23(27)17-15-21(25)20(23)12-10-11-19(29-18(2)24)13-14-22(26)28-3/h8-12,15,17,19,27H,4-7,13-14,16H2,1-3H3. The molecule has 160 valence electrons. The molecule has 0 aromatic heterocycles. The fourth-order valence-corrected chi connectivity index (χ4v) is 2.95. The topological polar surface area (TPSA) is 89.9 Å². The molecule has 0 aliphatic heterocycles. The summed E-state index contributed by atoms with van der Waals surface area (Å²) in [6.07, 6.45) is 15.9. The number of ether oxygens (including phenoxy) is 2. The number of carbonyl (C=O) groups is 3. The molecule has 1 N–H and O–H groups in total. The molecule has 0 bridgehead atoms. The van der Waals surface area contributed by atoms with E-state index in [1.54, 1.807) is 12.2 Å². The van der Waals surface area contributed by atoms with Crippen LogP contribution in [0.15, 0.2) is 48.1 Å². The SMILES string of the molecule is CCCCCC=CCC1(O)C=CC(=O)C1=CC=CC(CCC(=O)OC)OC(C)=O. The van der Waals surface area contributed by atoms with Gasteiger partial charge in [0.2, 0.25) is 0 Å². The maximum atomic E-state index is 12.2. The van der Waals surface area contributed by atoms with Gasteiger partial charge in [-0.2, -0.15) is 0 Å². The molecule has 0 fully saturated rings. The Morgan fingerprint density at radius 1 is 1.28 bits per heavy atom. The second-order valence-corrected chi connectivity index (χ2v) is 7.02. The van der Waals surface area contributed by atoms with E-state index in [1.807, 2.05) is 12.2 Å². The maximum absolute atomic E-state index is 12.2. The van der Waals surface area contributed by atoms with Gasteiger partial charge in [0.25, 0.3) is 0 Å². The van der Waals surface area contributed by atoms with E-state index in [4.69, 9.17) is 4.74 Å². The van der Waals surface area contributed by atoms with Crippen molar-refractivity contribution in [3.8, 4) is 0 Å². The van der Waals surface area contributed by atoms with Gasteiger partial charge in [-0.15, -0.1) is 0 Å². The summed E-state index contributed by atoms with van der Waals surface area (Å²) in [7, 11) is 1.29. The van der Waals surface area contributed by atoms with Gasteiger partial charge in [-0.3, -0.25) is 14.4 Å². The number of ketones is 1. The van der Waals surface area contributed by atoms with Crippen LogP contribution >= 0.6 is 0 Å². The van der Waals surface area contributed by atoms with E-state index in [9.17, 15) is 19.5 Å². The summed E-state index contributed by atoms with van der Waals surface area (Å²) in [5.74, 6) is -1.13. The number of allylic oxidation sites excluding steroid dienone is 4. The predicted molar refractivity (Wildman–Crippen MR) is 111 cm³/mol. The van der Waals surface area contributed by atoms with Crippen LogP contribution in [0, 0.1) is 0 Å². The summed E-state index contributed by atoms with van der Waals surface area (Å²) in [5.41, 5.74) is -1.08. The fraction of sp³-hybridized carbons (Fsp3) is 0.522. The number of esters is 2. The Hall–Kier alpha value is -2.47. The van der Waals surface area contributed by atoms with E-state index in [1.165, 1.54) is 38.7 Å². The molecule has 2 unspecified atom stereocenters. The lowest BCUT2D eigenvalue weighted by Gasteiger charge is -2.20. The molecule has 1 aliphatic rings. The first-order valence-corrected chi connectivity index (χ1v) is 10.1. The molecule has 1 rings (SSSR count). The zero-order chi connectivity index (χ0) is 21.7. The summed E-state index contributed by atoms with van der Waals surface area (Å²) in [6.45, 7) is 3.43. The van der Waals surface area contributed by atoms with Crippen LogP contribution in [0.5, 0.6) is 0 Å². The minimum atomic E-state index is -1.34. The van der Waals surface area contributed by atoms with Gasteiger partial charge < -0.3 is 14.6 Å². The van der Waals surface area contributed by atoms with E-state index in [-0.39, 0.29) is 24.2 Å². The number of unbranched alkanes of at least 4 members (excludes halogenated alkanes) is 3. The van der Waals surface area contributed by atoms with Crippen molar-refractivity contribution in [2.24, 2.45) is 0 Å². The second-order valence-electron chi connectivity index (χ2n) is 7.02. The Morgan fingerprint density at radius 3 is 2.69 bits per heavy atom. The Kier molecular flexibility index (Phi) is 10.9. The van der Waals surface area contributed by atoms with Crippen LogP contribution in [0.2, 0.25) is 0 Å². The minimum absolute atomic E-state index is 0.0998. The van der Waals surface area contributed by atoms with Crippen LogP contribution < -0.4 is 0 Å². The first-order valence-electron chi connectivity index (χ1n) is 10.1. The lowest BCUT2D eigenvalue weighted by atomic mass is 9.92. The number of aliphatic hydroxyl groups is 1. The maximum Gasteiger partial charge on any atom is 0.305 e. The minimum Gasteiger partial charge on any atom is -0.469 e. The molecule has 6 nitrogen and oxygen atoms in total. The summed E-state index contributed by atoms with van der Waals surface area (Å²) in [4.78, 5) is 34.7. The number of methoxy groups -OCH3 is 1. The van der Waals surface area contributed by atoms with E-state index >= 15 is 0 Å². The van der Waals surface area contributed by atoms with Crippen LogP contribution in [0.4, 0.5) is 0 Å². The first kappa shape index (κ1) is 24.6. The molecule has 0 saturated heterocycles. The van der Waals surface area contributed by atoms with Crippen molar-refractivity contribution in [3.05, 3.63) is 48.1 Å². The largest absolute Gasteiger partial charge is 0.469 e. The normalized spacial score (nSPS) is 21.4. The molecule has 0 radical (unpaired) electrons. The van der Waals surface area contributed by atoms with Crippen LogP contribution in [-0.4, -0.2) is 41.6 Å². The summed E-state index contributed by atoms with van der Waals surface area (Å²) < 4.78 is 9.76. The van der Waals surface area contributed by atoms with Crippen molar-refractivity contribution < 1.29 is 29.0 Å². The third-order valence-corrected chi connectivity index (χ3v) is 4.58. The highest BCUT2D eigenvalue weighted by molar-refractivity contribution is 6.09. The van der Waals surface area contributed by atoms with Gasteiger partial charge in [0.1, 0.15) is 11.7 Å². The van der Waals surface area contributed by atoms with Gasteiger partial charge in [0, 0.05) is 25.3 Å². The van der Waals surface area contributed by atoms with Crippen molar-refractivity contribution in [2.75, 3.05) is 7.11 Å². The van der Waals surface area contributed by atoms with Gasteiger partial charge in [0.05, 0.1) is 7.11 Å². The Bertz CT molecular complexity index is 685. The Morgan fingerprint density at radius 2 is 2.03 bits per heavy atom. The highest BCUT2D eigenvalue weighted by atomic mass is 16.5. The number of rotatable bonds is 12. The van der Waals surface area contributed by atoms with E-state index in [2.05, 4.69) is 11.7 Å². The molecule has 0 saturated carbocycles. The van der Waals surface area contributed by atoms with E-state index in [0.29, 0.717) is 6.42 Å². The third kappa shape index (κ3) is 9.05. The number of hydrogen-bond acceptors (Lipinski definition) is 6. The molecule has 0 amide bonds. The zero-order valence-corrected chi connectivity index (χ0v) is 17.6. The summed E-state index contributed by atoms with van der Waals surface area (Å²) >= 11 is 0. The van der Waals surface area contributed by atoms with Gasteiger partial charge in [-0.05, 0) is 37.5 Å². The Balaban J connectivity index is 2.78. The molecule has 1 aliphatic carbocycles. The predicted octanol–water partition coefficient (Wildman–Crippen LogP) is 3.75. The summed E-state index contributed by atoms with van der Waals surface area (Å²) in [6, 6.07) is 0. The highest BCUT2D eigenvalue weighted by Gasteiger charge is 2.35. The van der Waals surface area contributed by atoms with Crippen LogP contribution in [0.3, 0.4) is 0 Å². The van der Waals surface area contributed by atoms with Crippen LogP contribution in [0.25, 0.3) is 0 Å². The van der Waals surface area contributed by atoms with E-state index < -0.39 is 23.6 Å². The van der Waals surface area contributed by atoms with Crippen LogP contribution in [0.1, 0.15) is 58.8 Å². The quantitative estimate of drug-likeness (QED) is 0.231. The zero-order valence-electron chi connectivity index (χ0n) is 17.6. The molecule has 29 heavy (non-hydrogen) atoms. The average molecular weight is 405 g/mol. The number of hydrogen-bond donors (Lipinski definition) is 1. The molecular formula is C23H32O6. The fourth-order valence-electron chi connectivity index (χ4n) is 2.95. The molecular weight excluding hydrogens is 372 g/mol. The molecule has 6 heteroatoms. The molecule has 0 aromatic carbocycles. The lowest BCUT2D eigenvalue weighted by molar-refractivity contribution is -0.147. The second kappa shape index (κ2) is 12.9. The van der Waals surface area contributed by atoms with Gasteiger partial charge in [-0.25, -0.2) is 0 Å². The van der Waals surface area contributed by atoms with Gasteiger partial charge in [0.15, 0.2) is 5.78 Å².